The minimum absolute atomic E-state index is 0.188. The summed E-state index contributed by atoms with van der Waals surface area (Å²) in [4.78, 5) is 2.40. The maximum absolute atomic E-state index is 12.9. The lowest BCUT2D eigenvalue weighted by Gasteiger charge is -2.34. The SMILES string of the molecule is NC(CCCCB(O)O)C1CCN(Cc2ccc(F)cc2)CC1. The maximum atomic E-state index is 12.9. The first kappa shape index (κ1) is 18.4. The van der Waals surface area contributed by atoms with Gasteiger partial charge in [0.1, 0.15) is 5.82 Å². The van der Waals surface area contributed by atoms with Gasteiger partial charge in [0, 0.05) is 12.6 Å². The number of benzene rings is 1. The van der Waals surface area contributed by atoms with Gasteiger partial charge in [0.25, 0.3) is 0 Å². The first-order valence-corrected chi connectivity index (χ1v) is 8.63. The van der Waals surface area contributed by atoms with Crippen LogP contribution in [0.2, 0.25) is 6.32 Å². The summed E-state index contributed by atoms with van der Waals surface area (Å²) >= 11 is 0. The predicted octanol–water partition coefficient (Wildman–Crippen LogP) is 2.01. The Balaban J connectivity index is 1.65. The van der Waals surface area contributed by atoms with Crippen LogP contribution in [0.15, 0.2) is 24.3 Å². The lowest BCUT2D eigenvalue weighted by atomic mass is 9.82. The van der Waals surface area contributed by atoms with E-state index in [-0.39, 0.29) is 11.9 Å². The third-order valence-electron chi connectivity index (χ3n) is 4.81. The van der Waals surface area contributed by atoms with Gasteiger partial charge < -0.3 is 15.8 Å². The largest absolute Gasteiger partial charge is 0.451 e. The van der Waals surface area contributed by atoms with Crippen molar-refractivity contribution in [2.45, 2.75) is 51.0 Å². The topological polar surface area (TPSA) is 69.7 Å². The number of rotatable bonds is 8. The van der Waals surface area contributed by atoms with Crippen LogP contribution in [0.25, 0.3) is 0 Å². The molecule has 0 aromatic heterocycles. The predicted molar refractivity (Wildman–Crippen MR) is 91.2 cm³/mol. The molecule has 0 aliphatic carbocycles. The fraction of sp³-hybridized carbons (Fsp3) is 0.647. The van der Waals surface area contributed by atoms with Gasteiger partial charge in [-0.05, 0) is 62.3 Å². The quantitative estimate of drug-likeness (QED) is 0.506. The highest BCUT2D eigenvalue weighted by Gasteiger charge is 2.24. The molecule has 6 heteroatoms. The highest BCUT2D eigenvalue weighted by atomic mass is 19.1. The normalized spacial score (nSPS) is 18.1. The summed E-state index contributed by atoms with van der Waals surface area (Å²) in [5.41, 5.74) is 7.44. The summed E-state index contributed by atoms with van der Waals surface area (Å²) in [5.74, 6) is 0.366. The van der Waals surface area contributed by atoms with Crippen molar-refractivity contribution in [3.05, 3.63) is 35.6 Å². The van der Waals surface area contributed by atoms with E-state index in [0.29, 0.717) is 12.2 Å². The van der Waals surface area contributed by atoms with Crippen LogP contribution in [-0.4, -0.2) is 41.2 Å². The van der Waals surface area contributed by atoms with Gasteiger partial charge in [-0.3, -0.25) is 4.90 Å². The molecule has 1 unspecified atom stereocenters. The highest BCUT2D eigenvalue weighted by Crippen LogP contribution is 2.23. The Morgan fingerprint density at radius 2 is 1.83 bits per heavy atom. The molecule has 23 heavy (non-hydrogen) atoms. The number of hydrogen-bond acceptors (Lipinski definition) is 4. The van der Waals surface area contributed by atoms with Crippen LogP contribution in [0.3, 0.4) is 0 Å². The van der Waals surface area contributed by atoms with Gasteiger partial charge in [-0.2, -0.15) is 0 Å². The fourth-order valence-corrected chi connectivity index (χ4v) is 3.33. The summed E-state index contributed by atoms with van der Waals surface area (Å²) in [6, 6.07) is 6.94. The van der Waals surface area contributed by atoms with Crippen molar-refractivity contribution >= 4 is 7.12 Å². The van der Waals surface area contributed by atoms with Gasteiger partial charge in [-0.25, -0.2) is 4.39 Å². The molecule has 128 valence electrons. The molecule has 4 N–H and O–H groups in total. The van der Waals surface area contributed by atoms with Crippen molar-refractivity contribution in [3.63, 3.8) is 0 Å². The zero-order chi connectivity index (χ0) is 16.7. The van der Waals surface area contributed by atoms with Crippen molar-refractivity contribution in [2.24, 2.45) is 11.7 Å². The van der Waals surface area contributed by atoms with Gasteiger partial charge >= 0.3 is 7.12 Å². The average molecular weight is 322 g/mol. The average Bonchev–Trinajstić information content (AvgIpc) is 2.54. The van der Waals surface area contributed by atoms with Gasteiger partial charge in [0.2, 0.25) is 0 Å². The molecule has 1 fully saturated rings. The third-order valence-corrected chi connectivity index (χ3v) is 4.81. The molecule has 1 heterocycles. The van der Waals surface area contributed by atoms with Crippen molar-refractivity contribution in [1.82, 2.24) is 4.90 Å². The minimum Gasteiger partial charge on any atom is -0.427 e. The molecule has 0 saturated carbocycles. The van der Waals surface area contributed by atoms with Crippen LogP contribution in [0, 0.1) is 11.7 Å². The molecule has 0 amide bonds. The van der Waals surface area contributed by atoms with Crippen LogP contribution in [-0.2, 0) is 6.54 Å². The van der Waals surface area contributed by atoms with Gasteiger partial charge in [-0.15, -0.1) is 0 Å². The van der Waals surface area contributed by atoms with Crippen molar-refractivity contribution in [2.75, 3.05) is 13.1 Å². The van der Waals surface area contributed by atoms with E-state index in [1.165, 1.54) is 12.1 Å². The second-order valence-corrected chi connectivity index (χ2v) is 6.67. The first-order valence-electron chi connectivity index (χ1n) is 8.63. The fourth-order valence-electron chi connectivity index (χ4n) is 3.33. The highest BCUT2D eigenvalue weighted by molar-refractivity contribution is 6.40. The number of hydrogen-bond donors (Lipinski definition) is 3. The zero-order valence-electron chi connectivity index (χ0n) is 13.7. The van der Waals surface area contributed by atoms with Crippen LogP contribution >= 0.6 is 0 Å². The van der Waals surface area contributed by atoms with E-state index in [1.807, 2.05) is 12.1 Å². The van der Waals surface area contributed by atoms with E-state index in [0.717, 1.165) is 57.3 Å². The molecule has 1 aromatic carbocycles. The lowest BCUT2D eigenvalue weighted by Crippen LogP contribution is -2.40. The van der Waals surface area contributed by atoms with E-state index >= 15 is 0 Å². The molecule has 0 radical (unpaired) electrons. The van der Waals surface area contributed by atoms with Crippen LogP contribution in [0.1, 0.15) is 37.7 Å². The van der Waals surface area contributed by atoms with Crippen molar-refractivity contribution in [3.8, 4) is 0 Å². The van der Waals surface area contributed by atoms with Crippen molar-refractivity contribution < 1.29 is 14.4 Å². The smallest absolute Gasteiger partial charge is 0.427 e. The molecule has 0 spiro atoms. The van der Waals surface area contributed by atoms with E-state index in [1.54, 1.807) is 0 Å². The second-order valence-electron chi connectivity index (χ2n) is 6.67. The molecular formula is C17H28BFN2O2. The summed E-state index contributed by atoms with van der Waals surface area (Å²) in [7, 11) is -1.19. The molecule has 1 aromatic rings. The van der Waals surface area contributed by atoms with E-state index in [9.17, 15) is 4.39 Å². The number of piperidine rings is 1. The number of nitrogens with zero attached hydrogens (tertiary/aromatic N) is 1. The molecule has 1 atom stereocenters. The second kappa shape index (κ2) is 9.37. The Morgan fingerprint density at radius 3 is 2.43 bits per heavy atom. The first-order chi connectivity index (χ1) is 11.0. The zero-order valence-corrected chi connectivity index (χ0v) is 13.7. The molecule has 4 nitrogen and oxygen atoms in total. The maximum Gasteiger partial charge on any atom is 0.451 e. The number of unbranched alkanes of at least 4 members (excludes halogenated alkanes) is 1. The Kier molecular flexibility index (Phi) is 7.50. The number of nitrogens with two attached hydrogens (primary N) is 1. The number of halogens is 1. The number of likely N-dealkylation sites (tertiary alicyclic amines) is 1. The van der Waals surface area contributed by atoms with Crippen LogP contribution in [0.4, 0.5) is 4.39 Å². The van der Waals surface area contributed by atoms with E-state index in [2.05, 4.69) is 4.90 Å². The molecule has 1 aliphatic rings. The summed E-state index contributed by atoms with van der Waals surface area (Å²) in [6.45, 7) is 2.94. The van der Waals surface area contributed by atoms with E-state index in [4.69, 9.17) is 15.8 Å². The lowest BCUT2D eigenvalue weighted by molar-refractivity contribution is 0.159. The van der Waals surface area contributed by atoms with Gasteiger partial charge in [-0.1, -0.05) is 25.0 Å². The molecule has 2 rings (SSSR count). The van der Waals surface area contributed by atoms with Gasteiger partial charge in [0.15, 0.2) is 0 Å². The molecule has 0 bridgehead atoms. The standard InChI is InChI=1S/C17H28BFN2O2/c19-16-6-4-14(5-7-16)13-21-11-8-15(9-12-21)17(20)3-1-2-10-18(22)23/h4-7,15,17,22-23H,1-3,8-13,20H2. The third kappa shape index (κ3) is 6.59. The summed E-state index contributed by atoms with van der Waals surface area (Å²) in [6.07, 6.45) is 5.36. The van der Waals surface area contributed by atoms with Crippen molar-refractivity contribution in [1.29, 1.82) is 0 Å². The summed E-state index contributed by atoms with van der Waals surface area (Å²) in [5, 5.41) is 17.7. The Morgan fingerprint density at radius 1 is 1.17 bits per heavy atom. The molecular weight excluding hydrogens is 294 g/mol. The molecule has 1 saturated heterocycles. The Hall–Kier alpha value is -0.945. The van der Waals surface area contributed by atoms with Crippen LogP contribution in [0.5, 0.6) is 0 Å². The molecule has 1 aliphatic heterocycles. The van der Waals surface area contributed by atoms with Crippen LogP contribution < -0.4 is 5.73 Å². The summed E-state index contributed by atoms with van der Waals surface area (Å²) < 4.78 is 12.9. The Bertz CT molecular complexity index is 450. The van der Waals surface area contributed by atoms with Gasteiger partial charge in [0.05, 0.1) is 0 Å². The Labute approximate surface area is 138 Å². The van der Waals surface area contributed by atoms with E-state index < -0.39 is 7.12 Å². The monoisotopic (exact) mass is 322 g/mol. The minimum atomic E-state index is -1.19.